The van der Waals surface area contributed by atoms with Crippen LogP contribution in [0.25, 0.3) is 0 Å². The molecule has 3 heterocycles. The highest BCUT2D eigenvalue weighted by atomic mass is 28.4. The fourth-order valence-electron chi connectivity index (χ4n) is 5.20. The van der Waals surface area contributed by atoms with Crippen molar-refractivity contribution in [2.75, 3.05) is 6.61 Å². The van der Waals surface area contributed by atoms with E-state index in [9.17, 15) is 0 Å². The SMILES string of the molecule is C=CCCC[C@@H](C[C@H]1CCC2(CCC(C)C([C@H]3COC(C)(C)O3)O2)O1)O[Si](C)(C)C(C)(C)C. The normalized spacial score (nSPS) is 35.8. The molecule has 3 saturated heterocycles. The van der Waals surface area contributed by atoms with Gasteiger partial charge in [0.2, 0.25) is 0 Å². The van der Waals surface area contributed by atoms with Gasteiger partial charge in [0, 0.05) is 18.9 Å². The quantitative estimate of drug-likeness (QED) is 0.202. The van der Waals surface area contributed by atoms with Crippen LogP contribution in [0.15, 0.2) is 12.7 Å². The zero-order valence-electron chi connectivity index (χ0n) is 22.6. The molecule has 192 valence electrons. The topological polar surface area (TPSA) is 46.2 Å². The molecule has 0 aromatic heterocycles. The summed E-state index contributed by atoms with van der Waals surface area (Å²) in [5.41, 5.74) is 0. The highest BCUT2D eigenvalue weighted by Gasteiger charge is 2.51. The van der Waals surface area contributed by atoms with E-state index in [4.69, 9.17) is 23.4 Å². The van der Waals surface area contributed by atoms with Gasteiger partial charge in [0.15, 0.2) is 19.9 Å². The maximum Gasteiger partial charge on any atom is 0.192 e. The summed E-state index contributed by atoms with van der Waals surface area (Å²) in [5, 5.41) is 0.203. The maximum absolute atomic E-state index is 6.88. The van der Waals surface area contributed by atoms with Gasteiger partial charge >= 0.3 is 0 Å². The predicted molar refractivity (Wildman–Crippen MR) is 136 cm³/mol. The molecule has 3 aliphatic heterocycles. The van der Waals surface area contributed by atoms with Crippen LogP contribution in [-0.2, 0) is 23.4 Å². The highest BCUT2D eigenvalue weighted by Crippen LogP contribution is 2.46. The van der Waals surface area contributed by atoms with Crippen LogP contribution in [0.4, 0.5) is 0 Å². The first-order valence-corrected chi connectivity index (χ1v) is 16.1. The van der Waals surface area contributed by atoms with Crippen LogP contribution in [0.1, 0.15) is 92.9 Å². The van der Waals surface area contributed by atoms with E-state index in [-0.39, 0.29) is 29.5 Å². The Bertz CT molecular complexity index is 657. The van der Waals surface area contributed by atoms with Gasteiger partial charge < -0.3 is 23.4 Å². The zero-order chi connectivity index (χ0) is 24.5. The molecule has 3 aliphatic rings. The second kappa shape index (κ2) is 10.4. The van der Waals surface area contributed by atoms with Gasteiger partial charge in [-0.3, -0.25) is 0 Å². The van der Waals surface area contributed by atoms with Crippen LogP contribution >= 0.6 is 0 Å². The van der Waals surface area contributed by atoms with Crippen molar-refractivity contribution in [2.45, 2.75) is 147 Å². The fraction of sp³-hybridized carbons (Fsp3) is 0.926. The molecule has 33 heavy (non-hydrogen) atoms. The van der Waals surface area contributed by atoms with Gasteiger partial charge in [-0.25, -0.2) is 0 Å². The molecule has 0 N–H and O–H groups in total. The Kier molecular flexibility index (Phi) is 8.61. The summed E-state index contributed by atoms with van der Waals surface area (Å²) < 4.78 is 32.3. The standard InChI is InChI=1S/C27H50O5Si/c1-10-11-12-13-22(32-33(8,9)25(3,4)5)18-21-15-17-27(29-21)16-14-20(2)24(31-27)23-19-28-26(6,7)30-23/h10,20-24H,1,11-19H2,2-9H3/t20?,21-,22+,23-,24?,27?/m1/s1. The van der Waals surface area contributed by atoms with Crippen LogP contribution in [0.2, 0.25) is 18.1 Å². The molecule has 0 aliphatic carbocycles. The lowest BCUT2D eigenvalue weighted by atomic mass is 9.88. The van der Waals surface area contributed by atoms with Crippen molar-refractivity contribution in [1.29, 1.82) is 0 Å². The van der Waals surface area contributed by atoms with Crippen molar-refractivity contribution >= 4 is 8.32 Å². The van der Waals surface area contributed by atoms with Gasteiger partial charge in [0.05, 0.1) is 18.8 Å². The Morgan fingerprint density at radius 2 is 1.82 bits per heavy atom. The van der Waals surface area contributed by atoms with Crippen LogP contribution in [0.3, 0.4) is 0 Å². The van der Waals surface area contributed by atoms with Crippen LogP contribution in [0.5, 0.6) is 0 Å². The molecule has 0 aromatic carbocycles. The van der Waals surface area contributed by atoms with Crippen molar-refractivity contribution in [1.82, 2.24) is 0 Å². The Labute approximate surface area is 204 Å². The van der Waals surface area contributed by atoms with Crippen LogP contribution in [0, 0.1) is 5.92 Å². The van der Waals surface area contributed by atoms with Crippen LogP contribution < -0.4 is 0 Å². The number of ether oxygens (including phenoxy) is 4. The van der Waals surface area contributed by atoms with Crippen molar-refractivity contribution < 1.29 is 23.4 Å². The molecule has 1 spiro atoms. The Hall–Kier alpha value is -0.243. The maximum atomic E-state index is 6.88. The second-order valence-electron chi connectivity index (χ2n) is 12.6. The van der Waals surface area contributed by atoms with E-state index < -0.39 is 19.9 Å². The number of allylic oxidation sites excluding steroid dienone is 1. The van der Waals surface area contributed by atoms with Crippen molar-refractivity contribution in [3.05, 3.63) is 12.7 Å². The van der Waals surface area contributed by atoms with Gasteiger partial charge in [-0.2, -0.15) is 0 Å². The molecule has 6 atom stereocenters. The van der Waals surface area contributed by atoms with E-state index in [1.807, 2.05) is 19.9 Å². The first-order chi connectivity index (χ1) is 15.3. The summed E-state index contributed by atoms with van der Waals surface area (Å²) in [4.78, 5) is 0. The lowest BCUT2D eigenvalue weighted by molar-refractivity contribution is -0.300. The zero-order valence-corrected chi connectivity index (χ0v) is 23.6. The average molecular weight is 483 g/mol. The van der Waals surface area contributed by atoms with Crippen LogP contribution in [-0.4, -0.2) is 50.9 Å². The molecule has 3 rings (SSSR count). The fourth-order valence-corrected chi connectivity index (χ4v) is 6.60. The van der Waals surface area contributed by atoms with Crippen molar-refractivity contribution in [3.63, 3.8) is 0 Å². The molecule has 0 amide bonds. The number of unbranched alkanes of at least 4 members (excludes halogenated alkanes) is 1. The molecule has 3 fully saturated rings. The molecule has 0 radical (unpaired) electrons. The first-order valence-electron chi connectivity index (χ1n) is 13.2. The minimum atomic E-state index is -1.84. The third-order valence-electron chi connectivity index (χ3n) is 8.25. The molecule has 0 saturated carbocycles. The summed E-state index contributed by atoms with van der Waals surface area (Å²) in [6.07, 6.45) is 10.6. The van der Waals surface area contributed by atoms with E-state index in [0.29, 0.717) is 12.5 Å². The van der Waals surface area contributed by atoms with E-state index in [1.165, 1.54) is 0 Å². The minimum Gasteiger partial charge on any atom is -0.414 e. The average Bonchev–Trinajstić information content (AvgIpc) is 3.26. The molecule has 0 bridgehead atoms. The largest absolute Gasteiger partial charge is 0.414 e. The predicted octanol–water partition coefficient (Wildman–Crippen LogP) is 6.97. The molecular weight excluding hydrogens is 432 g/mol. The second-order valence-corrected chi connectivity index (χ2v) is 17.4. The van der Waals surface area contributed by atoms with Gasteiger partial charge in [0.1, 0.15) is 6.10 Å². The summed E-state index contributed by atoms with van der Waals surface area (Å²) in [7, 11) is -1.84. The Morgan fingerprint density at radius 1 is 1.12 bits per heavy atom. The first kappa shape index (κ1) is 27.3. The molecule has 3 unspecified atom stereocenters. The highest BCUT2D eigenvalue weighted by molar-refractivity contribution is 6.74. The third-order valence-corrected chi connectivity index (χ3v) is 12.8. The van der Waals surface area contributed by atoms with Gasteiger partial charge in [-0.1, -0.05) is 33.8 Å². The Balaban J connectivity index is 1.62. The summed E-state index contributed by atoms with van der Waals surface area (Å²) >= 11 is 0. The van der Waals surface area contributed by atoms with Crippen molar-refractivity contribution in [3.8, 4) is 0 Å². The Morgan fingerprint density at radius 3 is 2.42 bits per heavy atom. The monoisotopic (exact) mass is 482 g/mol. The minimum absolute atomic E-state index is 0.0196. The third kappa shape index (κ3) is 6.92. The van der Waals surface area contributed by atoms with E-state index >= 15 is 0 Å². The van der Waals surface area contributed by atoms with E-state index in [1.54, 1.807) is 0 Å². The van der Waals surface area contributed by atoms with E-state index in [2.05, 4.69) is 47.4 Å². The molecule has 6 heteroatoms. The van der Waals surface area contributed by atoms with Gasteiger partial charge in [0.25, 0.3) is 0 Å². The summed E-state index contributed by atoms with van der Waals surface area (Å²) in [6.45, 7) is 22.4. The lowest BCUT2D eigenvalue weighted by Gasteiger charge is -2.43. The van der Waals surface area contributed by atoms with Gasteiger partial charge in [-0.15, -0.1) is 6.58 Å². The van der Waals surface area contributed by atoms with Gasteiger partial charge in [-0.05, 0) is 76.4 Å². The van der Waals surface area contributed by atoms with E-state index in [0.717, 1.165) is 51.4 Å². The summed E-state index contributed by atoms with van der Waals surface area (Å²) in [6, 6.07) is 0. The number of rotatable bonds is 9. The molecule has 0 aromatic rings. The number of hydrogen-bond donors (Lipinski definition) is 0. The molecule has 5 nitrogen and oxygen atoms in total. The lowest BCUT2D eigenvalue weighted by Crippen LogP contribution is -2.50. The smallest absolute Gasteiger partial charge is 0.192 e. The van der Waals surface area contributed by atoms with Crippen molar-refractivity contribution in [2.24, 2.45) is 5.92 Å². The molecular formula is C27H50O5Si. The number of hydrogen-bond acceptors (Lipinski definition) is 5. The summed E-state index contributed by atoms with van der Waals surface area (Å²) in [5.74, 6) is -0.563.